The highest BCUT2D eigenvalue weighted by molar-refractivity contribution is 6.02. The number of carbonyl (C=O) groups is 1. The molecule has 1 rings (SSSR count). The van der Waals surface area contributed by atoms with Gasteiger partial charge in [0.15, 0.2) is 0 Å². The first-order valence-corrected chi connectivity index (χ1v) is 3.40. The van der Waals surface area contributed by atoms with Gasteiger partial charge in [0.2, 0.25) is 5.78 Å². The third-order valence-electron chi connectivity index (χ3n) is 1.28. The molecule has 0 aliphatic carbocycles. The average Bonchev–Trinajstić information content (AvgIpc) is 2.36. The van der Waals surface area contributed by atoms with Crippen molar-refractivity contribution in [1.29, 1.82) is 0 Å². The highest BCUT2D eigenvalue weighted by Gasteiger charge is 2.02. The molecule has 0 unspecified atom stereocenters. The zero-order valence-electron chi connectivity index (χ0n) is 6.61. The van der Waals surface area contributed by atoms with E-state index in [-0.39, 0.29) is 5.78 Å². The number of rotatable bonds is 2. The molecule has 0 saturated heterocycles. The Morgan fingerprint density at radius 3 is 2.91 bits per heavy atom. The third-order valence-corrected chi connectivity index (χ3v) is 1.28. The molecule has 0 fully saturated rings. The molecule has 0 spiro atoms. The minimum atomic E-state index is -0.0481. The van der Waals surface area contributed by atoms with Crippen LogP contribution in [0.2, 0.25) is 0 Å². The Hall–Kier alpha value is -1.38. The molecule has 1 aromatic rings. The largest absolute Gasteiger partial charge is 0.287 e. The number of nitrogens with zero attached hydrogens (tertiary/aromatic N) is 2. The number of aromatic nitrogens is 2. The first kappa shape index (κ1) is 7.72. The summed E-state index contributed by atoms with van der Waals surface area (Å²) < 4.78 is 1.61. The first-order valence-electron chi connectivity index (χ1n) is 3.40. The van der Waals surface area contributed by atoms with Gasteiger partial charge in [0.1, 0.15) is 5.69 Å². The van der Waals surface area contributed by atoms with Crippen molar-refractivity contribution in [1.82, 2.24) is 9.78 Å². The molecule has 0 atom stereocenters. The maximum Gasteiger partial charge on any atom is 0.205 e. The van der Waals surface area contributed by atoms with Crippen molar-refractivity contribution in [2.75, 3.05) is 0 Å². The Morgan fingerprint density at radius 2 is 2.45 bits per heavy atom. The summed E-state index contributed by atoms with van der Waals surface area (Å²) in [5.41, 5.74) is 0.491. The zero-order chi connectivity index (χ0) is 8.27. The second kappa shape index (κ2) is 3.14. The second-order valence-electron chi connectivity index (χ2n) is 2.24. The molecule has 1 aromatic heterocycles. The number of allylic oxidation sites excluding steroid dienone is 2. The molecule has 0 amide bonds. The molecule has 0 bridgehead atoms. The Kier molecular flexibility index (Phi) is 2.21. The number of carbonyl (C=O) groups excluding carboxylic acids is 1. The van der Waals surface area contributed by atoms with Gasteiger partial charge < -0.3 is 0 Å². The Labute approximate surface area is 65.3 Å². The summed E-state index contributed by atoms with van der Waals surface area (Å²) >= 11 is 0. The molecule has 0 N–H and O–H groups in total. The van der Waals surface area contributed by atoms with E-state index in [9.17, 15) is 4.79 Å². The molecule has 0 radical (unpaired) electrons. The van der Waals surface area contributed by atoms with Crippen molar-refractivity contribution >= 4 is 5.78 Å². The summed E-state index contributed by atoms with van der Waals surface area (Å²) in [6, 6.07) is 1.70. The van der Waals surface area contributed by atoms with Crippen molar-refractivity contribution in [2.45, 2.75) is 6.92 Å². The van der Waals surface area contributed by atoms with E-state index in [2.05, 4.69) is 5.10 Å². The van der Waals surface area contributed by atoms with E-state index in [0.29, 0.717) is 5.69 Å². The fourth-order valence-electron chi connectivity index (χ4n) is 0.783. The van der Waals surface area contributed by atoms with E-state index >= 15 is 0 Å². The predicted molar refractivity (Wildman–Crippen MR) is 42.4 cm³/mol. The van der Waals surface area contributed by atoms with Crippen LogP contribution in [0.4, 0.5) is 0 Å². The van der Waals surface area contributed by atoms with Crippen molar-refractivity contribution in [3.63, 3.8) is 0 Å². The minimum Gasteiger partial charge on any atom is -0.287 e. The second-order valence-corrected chi connectivity index (χ2v) is 2.24. The van der Waals surface area contributed by atoms with Crippen molar-refractivity contribution in [3.05, 3.63) is 30.1 Å². The van der Waals surface area contributed by atoms with Gasteiger partial charge in [-0.05, 0) is 19.1 Å². The molecule has 3 heteroatoms. The number of aryl methyl sites for hydroxylation is 1. The summed E-state index contributed by atoms with van der Waals surface area (Å²) in [6.45, 7) is 1.81. The topological polar surface area (TPSA) is 34.9 Å². The lowest BCUT2D eigenvalue weighted by Gasteiger charge is -1.85. The van der Waals surface area contributed by atoms with Crippen LogP contribution in [0, 0.1) is 0 Å². The van der Waals surface area contributed by atoms with Crippen molar-refractivity contribution in [2.24, 2.45) is 7.05 Å². The van der Waals surface area contributed by atoms with Gasteiger partial charge in [0, 0.05) is 13.2 Å². The van der Waals surface area contributed by atoms with Crippen molar-refractivity contribution in [3.8, 4) is 0 Å². The Balaban J connectivity index is 2.85. The normalized spacial score (nSPS) is 10.7. The standard InChI is InChI=1S/C8H10N2O/c1-3-4-8(11)7-5-6-10(2)9-7/h3-6H,1-2H3/b4-3+. The maximum absolute atomic E-state index is 11.1. The molecule has 0 aliphatic rings. The maximum atomic E-state index is 11.1. The molecular weight excluding hydrogens is 140 g/mol. The zero-order valence-corrected chi connectivity index (χ0v) is 6.61. The van der Waals surface area contributed by atoms with Crippen LogP contribution in [0.25, 0.3) is 0 Å². The van der Waals surface area contributed by atoms with E-state index < -0.39 is 0 Å². The van der Waals surface area contributed by atoms with Crippen molar-refractivity contribution < 1.29 is 4.79 Å². The van der Waals surface area contributed by atoms with Gasteiger partial charge in [-0.1, -0.05) is 6.08 Å². The van der Waals surface area contributed by atoms with Crippen LogP contribution in [-0.2, 0) is 7.05 Å². The highest BCUT2D eigenvalue weighted by atomic mass is 16.1. The minimum absolute atomic E-state index is 0.0481. The quantitative estimate of drug-likeness (QED) is 0.468. The summed E-state index contributed by atoms with van der Waals surface area (Å²) in [7, 11) is 1.78. The lowest BCUT2D eigenvalue weighted by Crippen LogP contribution is -1.97. The van der Waals surface area contributed by atoms with Gasteiger partial charge in [-0.25, -0.2) is 0 Å². The highest BCUT2D eigenvalue weighted by Crippen LogP contribution is 1.96. The smallest absolute Gasteiger partial charge is 0.205 e. The van der Waals surface area contributed by atoms with Crippen LogP contribution in [0.15, 0.2) is 24.4 Å². The van der Waals surface area contributed by atoms with Gasteiger partial charge in [-0.3, -0.25) is 9.48 Å². The number of hydrogen-bond donors (Lipinski definition) is 0. The van der Waals surface area contributed by atoms with E-state index in [1.165, 1.54) is 6.08 Å². The fraction of sp³-hybridized carbons (Fsp3) is 0.250. The number of ketones is 1. The monoisotopic (exact) mass is 150 g/mol. The molecule has 1 heterocycles. The first-order chi connectivity index (χ1) is 5.24. The Morgan fingerprint density at radius 1 is 1.73 bits per heavy atom. The Bertz CT molecular complexity index is 286. The molecule has 3 nitrogen and oxygen atoms in total. The molecular formula is C8H10N2O. The van der Waals surface area contributed by atoms with E-state index in [4.69, 9.17) is 0 Å². The molecule has 11 heavy (non-hydrogen) atoms. The van der Waals surface area contributed by atoms with Crippen LogP contribution in [0.5, 0.6) is 0 Å². The van der Waals surface area contributed by atoms with Gasteiger partial charge in [-0.15, -0.1) is 0 Å². The van der Waals surface area contributed by atoms with E-state index in [0.717, 1.165) is 0 Å². The number of hydrogen-bond acceptors (Lipinski definition) is 2. The molecule has 58 valence electrons. The fourth-order valence-corrected chi connectivity index (χ4v) is 0.783. The lowest BCUT2D eigenvalue weighted by molar-refractivity contribution is 0.104. The van der Waals surface area contributed by atoms with E-state index in [1.807, 2.05) is 0 Å². The van der Waals surface area contributed by atoms with Gasteiger partial charge in [0.25, 0.3) is 0 Å². The summed E-state index contributed by atoms with van der Waals surface area (Å²) in [4.78, 5) is 11.1. The van der Waals surface area contributed by atoms with Gasteiger partial charge in [0.05, 0.1) is 0 Å². The third kappa shape index (κ3) is 1.77. The molecule has 0 aromatic carbocycles. The van der Waals surface area contributed by atoms with Crippen LogP contribution in [0.1, 0.15) is 17.4 Å². The van der Waals surface area contributed by atoms with E-state index in [1.54, 1.807) is 37.0 Å². The molecule has 0 saturated carbocycles. The summed E-state index contributed by atoms with van der Waals surface area (Å²) in [5.74, 6) is -0.0481. The van der Waals surface area contributed by atoms with Crippen LogP contribution >= 0.6 is 0 Å². The molecule has 0 aliphatic heterocycles. The average molecular weight is 150 g/mol. The predicted octanol–water partition coefficient (Wildman–Crippen LogP) is 1.18. The van der Waals surface area contributed by atoms with Gasteiger partial charge >= 0.3 is 0 Å². The summed E-state index contributed by atoms with van der Waals surface area (Å²) in [5, 5.41) is 3.95. The van der Waals surface area contributed by atoms with Crippen LogP contribution in [-0.4, -0.2) is 15.6 Å². The van der Waals surface area contributed by atoms with Crippen LogP contribution in [0.3, 0.4) is 0 Å². The summed E-state index contributed by atoms with van der Waals surface area (Å²) in [6.07, 6.45) is 4.95. The lowest BCUT2D eigenvalue weighted by atomic mass is 10.3. The SMILES string of the molecule is C/C=C/C(=O)c1ccn(C)n1. The van der Waals surface area contributed by atoms with Gasteiger partial charge in [-0.2, -0.15) is 5.10 Å². The van der Waals surface area contributed by atoms with Crippen LogP contribution < -0.4 is 0 Å².